The quantitative estimate of drug-likeness (QED) is 0.749. The summed E-state index contributed by atoms with van der Waals surface area (Å²) < 4.78 is 2.09. The van der Waals surface area contributed by atoms with E-state index in [0.29, 0.717) is 11.8 Å². The highest BCUT2D eigenvalue weighted by Crippen LogP contribution is 2.11. The molecule has 0 bridgehead atoms. The highest BCUT2D eigenvalue weighted by molar-refractivity contribution is 5.26. The van der Waals surface area contributed by atoms with E-state index in [0.717, 1.165) is 25.9 Å². The fraction of sp³-hybridized carbons (Fsp3) is 0.400. The molecule has 0 saturated heterocycles. The molecule has 0 aliphatic carbocycles. The van der Waals surface area contributed by atoms with Gasteiger partial charge in [-0.25, -0.2) is 4.98 Å². The number of hydrogen-bond acceptors (Lipinski definition) is 3. The third-order valence-electron chi connectivity index (χ3n) is 3.12. The fourth-order valence-corrected chi connectivity index (χ4v) is 2.09. The zero-order valence-corrected chi connectivity index (χ0v) is 11.3. The predicted octanol–water partition coefficient (Wildman–Crippen LogP) is 2.20. The SMILES string of the molecule is CC(Cc1ccc(O)cc1)NCCCn1ccnc1. The number of aromatic nitrogens is 2. The van der Waals surface area contributed by atoms with Gasteiger partial charge in [0.1, 0.15) is 5.75 Å². The lowest BCUT2D eigenvalue weighted by atomic mass is 10.1. The van der Waals surface area contributed by atoms with Crippen LogP contribution in [-0.4, -0.2) is 27.2 Å². The van der Waals surface area contributed by atoms with E-state index in [1.54, 1.807) is 18.3 Å². The van der Waals surface area contributed by atoms with Gasteiger partial charge < -0.3 is 15.0 Å². The molecule has 1 aromatic heterocycles. The summed E-state index contributed by atoms with van der Waals surface area (Å²) in [5.74, 6) is 0.324. The third-order valence-corrected chi connectivity index (χ3v) is 3.12. The Morgan fingerprint density at radius 3 is 2.79 bits per heavy atom. The Labute approximate surface area is 114 Å². The van der Waals surface area contributed by atoms with Crippen LogP contribution in [0.3, 0.4) is 0 Å². The number of imidazole rings is 1. The lowest BCUT2D eigenvalue weighted by Gasteiger charge is -2.14. The summed E-state index contributed by atoms with van der Waals surface area (Å²) in [7, 11) is 0. The van der Waals surface area contributed by atoms with Gasteiger partial charge in [0.15, 0.2) is 0 Å². The summed E-state index contributed by atoms with van der Waals surface area (Å²) in [6.07, 6.45) is 7.71. The maximum absolute atomic E-state index is 9.23. The zero-order chi connectivity index (χ0) is 13.5. The molecule has 0 saturated carbocycles. The van der Waals surface area contributed by atoms with Crippen LogP contribution in [0.2, 0.25) is 0 Å². The molecule has 1 heterocycles. The van der Waals surface area contributed by atoms with Gasteiger partial charge in [-0.2, -0.15) is 0 Å². The average molecular weight is 259 g/mol. The molecule has 1 aromatic carbocycles. The molecular formula is C15H21N3O. The molecule has 4 heteroatoms. The molecule has 2 N–H and O–H groups in total. The first-order chi connectivity index (χ1) is 9.24. The largest absolute Gasteiger partial charge is 0.508 e. The molecule has 0 radical (unpaired) electrons. The summed E-state index contributed by atoms with van der Waals surface area (Å²) >= 11 is 0. The molecule has 1 unspecified atom stereocenters. The Hall–Kier alpha value is -1.81. The second-order valence-corrected chi connectivity index (χ2v) is 4.88. The minimum Gasteiger partial charge on any atom is -0.508 e. The summed E-state index contributed by atoms with van der Waals surface area (Å²) in [4.78, 5) is 4.02. The van der Waals surface area contributed by atoms with Crippen LogP contribution in [0.15, 0.2) is 43.0 Å². The minimum atomic E-state index is 0.324. The van der Waals surface area contributed by atoms with Crippen molar-refractivity contribution in [3.63, 3.8) is 0 Å². The maximum atomic E-state index is 9.23. The van der Waals surface area contributed by atoms with Gasteiger partial charge in [0.25, 0.3) is 0 Å². The number of hydrogen-bond donors (Lipinski definition) is 2. The lowest BCUT2D eigenvalue weighted by Crippen LogP contribution is -2.29. The highest BCUT2D eigenvalue weighted by atomic mass is 16.3. The van der Waals surface area contributed by atoms with Crippen molar-refractivity contribution in [1.29, 1.82) is 0 Å². The Morgan fingerprint density at radius 2 is 2.11 bits per heavy atom. The van der Waals surface area contributed by atoms with Crippen LogP contribution in [-0.2, 0) is 13.0 Å². The summed E-state index contributed by atoms with van der Waals surface area (Å²) in [6, 6.07) is 7.85. The number of nitrogens with zero attached hydrogens (tertiary/aromatic N) is 2. The molecule has 0 fully saturated rings. The van der Waals surface area contributed by atoms with E-state index in [1.807, 2.05) is 24.7 Å². The van der Waals surface area contributed by atoms with Crippen molar-refractivity contribution in [2.75, 3.05) is 6.54 Å². The van der Waals surface area contributed by atoms with E-state index < -0.39 is 0 Å². The van der Waals surface area contributed by atoms with Crippen molar-refractivity contribution in [1.82, 2.24) is 14.9 Å². The molecule has 0 aliphatic rings. The first kappa shape index (κ1) is 13.6. The van der Waals surface area contributed by atoms with Crippen LogP contribution in [0.5, 0.6) is 5.75 Å². The van der Waals surface area contributed by atoms with E-state index in [4.69, 9.17) is 0 Å². The normalized spacial score (nSPS) is 12.5. The molecule has 0 spiro atoms. The van der Waals surface area contributed by atoms with Crippen molar-refractivity contribution >= 4 is 0 Å². The van der Waals surface area contributed by atoms with Crippen molar-refractivity contribution in [2.24, 2.45) is 0 Å². The van der Waals surface area contributed by atoms with Crippen LogP contribution in [0.1, 0.15) is 18.9 Å². The highest BCUT2D eigenvalue weighted by Gasteiger charge is 2.02. The van der Waals surface area contributed by atoms with Crippen molar-refractivity contribution in [2.45, 2.75) is 32.4 Å². The predicted molar refractivity (Wildman–Crippen MR) is 76.1 cm³/mol. The van der Waals surface area contributed by atoms with E-state index in [-0.39, 0.29) is 0 Å². The van der Waals surface area contributed by atoms with Gasteiger partial charge in [0.2, 0.25) is 0 Å². The van der Waals surface area contributed by atoms with Crippen LogP contribution in [0, 0.1) is 0 Å². The van der Waals surface area contributed by atoms with Crippen LogP contribution >= 0.6 is 0 Å². The molecule has 2 rings (SSSR count). The number of rotatable bonds is 7. The molecule has 0 amide bonds. The van der Waals surface area contributed by atoms with Crippen LogP contribution in [0.4, 0.5) is 0 Å². The maximum Gasteiger partial charge on any atom is 0.115 e. The Bertz CT molecular complexity index is 465. The van der Waals surface area contributed by atoms with Crippen molar-refractivity contribution in [3.8, 4) is 5.75 Å². The van der Waals surface area contributed by atoms with Gasteiger partial charge in [-0.05, 0) is 44.0 Å². The molecule has 4 nitrogen and oxygen atoms in total. The van der Waals surface area contributed by atoms with Gasteiger partial charge in [-0.1, -0.05) is 12.1 Å². The Morgan fingerprint density at radius 1 is 1.32 bits per heavy atom. The second-order valence-electron chi connectivity index (χ2n) is 4.88. The van der Waals surface area contributed by atoms with Gasteiger partial charge in [-0.15, -0.1) is 0 Å². The van der Waals surface area contributed by atoms with Gasteiger partial charge in [0.05, 0.1) is 6.33 Å². The first-order valence-corrected chi connectivity index (χ1v) is 6.71. The van der Waals surface area contributed by atoms with Gasteiger partial charge >= 0.3 is 0 Å². The fourth-order valence-electron chi connectivity index (χ4n) is 2.09. The topological polar surface area (TPSA) is 50.1 Å². The standard InChI is InChI=1S/C15H21N3O/c1-13(11-14-3-5-15(19)6-4-14)17-7-2-9-18-10-8-16-12-18/h3-6,8,10,12-13,17,19H,2,7,9,11H2,1H3. The molecule has 2 aromatic rings. The number of phenols is 1. The van der Waals surface area contributed by atoms with E-state index >= 15 is 0 Å². The average Bonchev–Trinajstić information content (AvgIpc) is 2.91. The smallest absolute Gasteiger partial charge is 0.115 e. The summed E-state index contributed by atoms with van der Waals surface area (Å²) in [5, 5.41) is 12.7. The number of benzene rings is 1. The number of aromatic hydroxyl groups is 1. The van der Waals surface area contributed by atoms with Crippen LogP contribution < -0.4 is 5.32 Å². The molecule has 0 aliphatic heterocycles. The lowest BCUT2D eigenvalue weighted by molar-refractivity contribution is 0.474. The Kier molecular flexibility index (Phi) is 4.98. The third kappa shape index (κ3) is 4.75. The summed E-state index contributed by atoms with van der Waals surface area (Å²) in [6.45, 7) is 4.18. The van der Waals surface area contributed by atoms with Gasteiger partial charge in [0, 0.05) is 25.0 Å². The molecule has 19 heavy (non-hydrogen) atoms. The van der Waals surface area contributed by atoms with Crippen LogP contribution in [0.25, 0.3) is 0 Å². The molecule has 102 valence electrons. The monoisotopic (exact) mass is 259 g/mol. The zero-order valence-electron chi connectivity index (χ0n) is 11.3. The number of aryl methyl sites for hydroxylation is 1. The van der Waals surface area contributed by atoms with E-state index in [9.17, 15) is 5.11 Å². The molecular weight excluding hydrogens is 238 g/mol. The van der Waals surface area contributed by atoms with E-state index in [2.05, 4.69) is 21.8 Å². The summed E-state index contributed by atoms with van der Waals surface area (Å²) in [5.41, 5.74) is 1.24. The van der Waals surface area contributed by atoms with Crippen molar-refractivity contribution < 1.29 is 5.11 Å². The van der Waals surface area contributed by atoms with E-state index in [1.165, 1.54) is 5.56 Å². The minimum absolute atomic E-state index is 0.324. The number of nitrogens with one attached hydrogen (secondary N) is 1. The first-order valence-electron chi connectivity index (χ1n) is 6.71. The van der Waals surface area contributed by atoms with Crippen molar-refractivity contribution in [3.05, 3.63) is 48.5 Å². The number of phenolic OH excluding ortho intramolecular Hbond substituents is 1. The van der Waals surface area contributed by atoms with Gasteiger partial charge in [-0.3, -0.25) is 0 Å². The Balaban J connectivity index is 1.64. The second kappa shape index (κ2) is 6.95. The molecule has 1 atom stereocenters.